The van der Waals surface area contributed by atoms with Crippen molar-refractivity contribution in [2.45, 2.75) is 31.5 Å². The zero-order chi connectivity index (χ0) is 21.7. The lowest BCUT2D eigenvalue weighted by molar-refractivity contribution is -0.113. The van der Waals surface area contributed by atoms with E-state index in [1.54, 1.807) is 22.8 Å². The Hall–Kier alpha value is -2.22. The standard InChI is InChI=1S/C21H22Cl2N4O2S/c1-13(2)15-6-4-5-7-17(15)24-20(28)12-30-21-26-25-19(27(21)3)11-29-18-9-8-14(22)10-16(18)23/h4-10,13H,11-12H2,1-3H3,(H,24,28). The molecular formula is C21H22Cl2N4O2S. The second-order valence-corrected chi connectivity index (χ2v) is 8.69. The van der Waals surface area contributed by atoms with Gasteiger partial charge in [-0.1, -0.05) is 67.0 Å². The van der Waals surface area contributed by atoms with Crippen LogP contribution in [0.15, 0.2) is 47.6 Å². The Morgan fingerprint density at radius 3 is 2.70 bits per heavy atom. The highest BCUT2D eigenvalue weighted by atomic mass is 35.5. The quantitative estimate of drug-likeness (QED) is 0.442. The van der Waals surface area contributed by atoms with Crippen molar-refractivity contribution < 1.29 is 9.53 Å². The van der Waals surface area contributed by atoms with Crippen LogP contribution in [-0.2, 0) is 18.4 Å². The number of ether oxygens (including phenoxy) is 1. The van der Waals surface area contributed by atoms with Crippen molar-refractivity contribution in [3.05, 3.63) is 63.9 Å². The van der Waals surface area contributed by atoms with Crippen molar-refractivity contribution in [1.82, 2.24) is 14.8 Å². The van der Waals surface area contributed by atoms with Crippen molar-refractivity contribution in [2.75, 3.05) is 11.1 Å². The van der Waals surface area contributed by atoms with Gasteiger partial charge >= 0.3 is 0 Å². The fourth-order valence-corrected chi connectivity index (χ4v) is 3.95. The van der Waals surface area contributed by atoms with E-state index >= 15 is 0 Å². The number of thioether (sulfide) groups is 1. The third-order valence-electron chi connectivity index (χ3n) is 4.37. The summed E-state index contributed by atoms with van der Waals surface area (Å²) in [5, 5.41) is 12.9. The molecule has 0 radical (unpaired) electrons. The number of amides is 1. The molecule has 6 nitrogen and oxygen atoms in total. The van der Waals surface area contributed by atoms with E-state index in [-0.39, 0.29) is 18.3 Å². The Kier molecular flexibility index (Phi) is 7.64. The number of anilines is 1. The third-order valence-corrected chi connectivity index (χ3v) is 5.92. The second kappa shape index (κ2) is 10.2. The zero-order valence-electron chi connectivity index (χ0n) is 16.9. The number of hydrogen-bond acceptors (Lipinski definition) is 5. The van der Waals surface area contributed by atoms with Crippen molar-refractivity contribution in [2.24, 2.45) is 7.05 Å². The van der Waals surface area contributed by atoms with Gasteiger partial charge in [0.1, 0.15) is 12.4 Å². The number of nitrogens with one attached hydrogen (secondary N) is 1. The molecule has 0 aliphatic carbocycles. The molecular weight excluding hydrogens is 443 g/mol. The summed E-state index contributed by atoms with van der Waals surface area (Å²) in [6.07, 6.45) is 0. The average Bonchev–Trinajstić information content (AvgIpc) is 3.05. The van der Waals surface area contributed by atoms with Crippen LogP contribution in [0, 0.1) is 0 Å². The minimum atomic E-state index is -0.0955. The molecule has 0 bridgehead atoms. The number of nitrogens with zero attached hydrogens (tertiary/aromatic N) is 3. The highest BCUT2D eigenvalue weighted by Gasteiger charge is 2.14. The lowest BCUT2D eigenvalue weighted by Gasteiger charge is -2.13. The number of rotatable bonds is 8. The van der Waals surface area contributed by atoms with Crippen molar-refractivity contribution in [3.63, 3.8) is 0 Å². The molecule has 0 saturated carbocycles. The van der Waals surface area contributed by atoms with E-state index in [2.05, 4.69) is 29.4 Å². The summed E-state index contributed by atoms with van der Waals surface area (Å²) < 4.78 is 7.51. The monoisotopic (exact) mass is 464 g/mol. The minimum Gasteiger partial charge on any atom is -0.484 e. The Morgan fingerprint density at radius 2 is 1.97 bits per heavy atom. The van der Waals surface area contributed by atoms with Crippen molar-refractivity contribution >= 4 is 46.6 Å². The summed E-state index contributed by atoms with van der Waals surface area (Å²) >= 11 is 13.3. The first-order valence-electron chi connectivity index (χ1n) is 9.33. The first-order chi connectivity index (χ1) is 14.3. The largest absolute Gasteiger partial charge is 0.484 e. The van der Waals surface area contributed by atoms with E-state index in [0.29, 0.717) is 32.7 Å². The molecule has 0 fully saturated rings. The molecule has 1 heterocycles. The van der Waals surface area contributed by atoms with Crippen LogP contribution in [0.3, 0.4) is 0 Å². The van der Waals surface area contributed by atoms with Gasteiger partial charge in [-0.2, -0.15) is 0 Å². The van der Waals surface area contributed by atoms with Crippen LogP contribution < -0.4 is 10.1 Å². The lowest BCUT2D eigenvalue weighted by atomic mass is 10.0. The molecule has 30 heavy (non-hydrogen) atoms. The summed E-state index contributed by atoms with van der Waals surface area (Å²) in [5.74, 6) is 1.59. The number of carbonyl (C=O) groups excluding carboxylic acids is 1. The van der Waals surface area contributed by atoms with E-state index in [4.69, 9.17) is 27.9 Å². The van der Waals surface area contributed by atoms with Crippen LogP contribution >= 0.6 is 35.0 Å². The van der Waals surface area contributed by atoms with Gasteiger partial charge in [-0.15, -0.1) is 10.2 Å². The number of carbonyl (C=O) groups is 1. The molecule has 3 rings (SSSR count). The molecule has 3 aromatic rings. The fourth-order valence-electron chi connectivity index (χ4n) is 2.76. The van der Waals surface area contributed by atoms with Gasteiger partial charge in [-0.05, 0) is 35.7 Å². The van der Waals surface area contributed by atoms with Gasteiger partial charge in [0, 0.05) is 17.8 Å². The van der Waals surface area contributed by atoms with Gasteiger partial charge in [-0.25, -0.2) is 0 Å². The second-order valence-electron chi connectivity index (χ2n) is 6.90. The zero-order valence-corrected chi connectivity index (χ0v) is 19.2. The topological polar surface area (TPSA) is 69.0 Å². The molecule has 1 amide bonds. The molecule has 158 valence electrons. The van der Waals surface area contributed by atoms with E-state index in [0.717, 1.165) is 11.3 Å². The molecule has 0 aliphatic rings. The van der Waals surface area contributed by atoms with Crippen molar-refractivity contribution in [1.29, 1.82) is 0 Å². The predicted octanol–water partition coefficient (Wildman–Crippen LogP) is 5.56. The van der Waals surface area contributed by atoms with E-state index in [1.807, 2.05) is 31.3 Å². The maximum atomic E-state index is 12.4. The molecule has 9 heteroatoms. The summed E-state index contributed by atoms with van der Waals surface area (Å²) in [5.41, 5.74) is 1.94. The summed E-state index contributed by atoms with van der Waals surface area (Å²) in [6, 6.07) is 12.8. The van der Waals surface area contributed by atoms with Gasteiger partial charge in [0.05, 0.1) is 10.8 Å². The van der Waals surface area contributed by atoms with Gasteiger partial charge in [0.15, 0.2) is 11.0 Å². The molecule has 1 N–H and O–H groups in total. The van der Waals surface area contributed by atoms with E-state index < -0.39 is 0 Å². The first kappa shape index (κ1) is 22.5. The smallest absolute Gasteiger partial charge is 0.234 e. The minimum absolute atomic E-state index is 0.0955. The Labute approximate surface area is 189 Å². The van der Waals surface area contributed by atoms with Crippen LogP contribution in [0.2, 0.25) is 10.0 Å². The van der Waals surface area contributed by atoms with Crippen LogP contribution in [0.1, 0.15) is 31.2 Å². The molecule has 0 spiro atoms. The summed E-state index contributed by atoms with van der Waals surface area (Å²) in [6.45, 7) is 4.39. The molecule has 0 aliphatic heterocycles. The number of hydrogen-bond donors (Lipinski definition) is 1. The third kappa shape index (κ3) is 5.68. The highest BCUT2D eigenvalue weighted by molar-refractivity contribution is 7.99. The normalized spacial score (nSPS) is 11.0. The molecule has 1 aromatic heterocycles. The van der Waals surface area contributed by atoms with E-state index in [1.165, 1.54) is 11.8 Å². The van der Waals surface area contributed by atoms with Gasteiger partial charge in [0.25, 0.3) is 0 Å². The van der Waals surface area contributed by atoms with E-state index in [9.17, 15) is 4.79 Å². The average molecular weight is 465 g/mol. The van der Waals surface area contributed by atoms with Crippen LogP contribution in [0.25, 0.3) is 0 Å². The van der Waals surface area contributed by atoms with Crippen LogP contribution in [0.5, 0.6) is 5.75 Å². The summed E-state index contributed by atoms with van der Waals surface area (Å²) in [4.78, 5) is 12.4. The highest BCUT2D eigenvalue weighted by Crippen LogP contribution is 2.28. The number of para-hydroxylation sites is 1. The number of benzene rings is 2. The van der Waals surface area contributed by atoms with Gasteiger partial charge < -0.3 is 14.6 Å². The maximum absolute atomic E-state index is 12.4. The maximum Gasteiger partial charge on any atom is 0.234 e. The molecule has 0 saturated heterocycles. The molecule has 0 atom stereocenters. The SMILES string of the molecule is CC(C)c1ccccc1NC(=O)CSc1nnc(COc2ccc(Cl)cc2Cl)n1C. The number of halogens is 2. The van der Waals surface area contributed by atoms with Gasteiger partial charge in [0.2, 0.25) is 5.91 Å². The molecule has 0 unspecified atom stereocenters. The molecule has 2 aromatic carbocycles. The van der Waals surface area contributed by atoms with Crippen LogP contribution in [0.4, 0.5) is 5.69 Å². The summed E-state index contributed by atoms with van der Waals surface area (Å²) in [7, 11) is 1.83. The Morgan fingerprint density at radius 1 is 1.20 bits per heavy atom. The Balaban J connectivity index is 1.57. The van der Waals surface area contributed by atoms with Gasteiger partial charge in [-0.3, -0.25) is 4.79 Å². The fraction of sp³-hybridized carbons (Fsp3) is 0.286. The Bertz CT molecular complexity index is 1040. The number of aromatic nitrogens is 3. The van der Waals surface area contributed by atoms with Crippen molar-refractivity contribution in [3.8, 4) is 5.75 Å². The lowest BCUT2D eigenvalue weighted by Crippen LogP contribution is -2.16. The van der Waals surface area contributed by atoms with Crippen LogP contribution in [-0.4, -0.2) is 26.4 Å². The predicted molar refractivity (Wildman–Crippen MR) is 122 cm³/mol. The first-order valence-corrected chi connectivity index (χ1v) is 11.1.